The van der Waals surface area contributed by atoms with Crippen LogP contribution in [-0.4, -0.2) is 12.1 Å². The van der Waals surface area contributed by atoms with Gasteiger partial charge in [-0.05, 0) is 61.9 Å². The molecular weight excluding hydrogens is 423 g/mol. The van der Waals surface area contributed by atoms with Gasteiger partial charge in [0, 0.05) is 11.6 Å². The highest BCUT2D eigenvalue weighted by molar-refractivity contribution is 5.91. The van der Waals surface area contributed by atoms with E-state index in [1.807, 2.05) is 13.8 Å². The van der Waals surface area contributed by atoms with E-state index in [-0.39, 0.29) is 23.3 Å². The molecular formula is C26H21FN2O4. The first-order chi connectivity index (χ1) is 15.9. The van der Waals surface area contributed by atoms with Crippen LogP contribution < -0.4 is 19.9 Å². The van der Waals surface area contributed by atoms with Crippen LogP contribution >= 0.6 is 0 Å². The highest BCUT2D eigenvalue weighted by Crippen LogP contribution is 2.43. The van der Waals surface area contributed by atoms with Gasteiger partial charge in [0.15, 0.2) is 0 Å². The van der Waals surface area contributed by atoms with Crippen molar-refractivity contribution in [1.82, 2.24) is 0 Å². The van der Waals surface area contributed by atoms with Gasteiger partial charge >= 0.3 is 5.97 Å². The van der Waals surface area contributed by atoms with E-state index in [1.165, 1.54) is 18.2 Å². The molecule has 0 saturated carbocycles. The van der Waals surface area contributed by atoms with Crippen LogP contribution in [0.15, 0.2) is 78.2 Å². The quantitative estimate of drug-likeness (QED) is 0.437. The van der Waals surface area contributed by atoms with Crippen LogP contribution in [-0.2, 0) is 0 Å². The number of nitrogens with zero attached hydrogens (tertiary/aromatic N) is 1. The van der Waals surface area contributed by atoms with Crippen LogP contribution in [0.3, 0.4) is 0 Å². The zero-order valence-corrected chi connectivity index (χ0v) is 18.0. The van der Waals surface area contributed by atoms with Crippen LogP contribution in [0.1, 0.15) is 41.3 Å². The number of halogens is 1. The highest BCUT2D eigenvalue weighted by atomic mass is 19.1. The number of allylic oxidation sites excluding steroid dienone is 1. The van der Waals surface area contributed by atoms with E-state index in [9.17, 15) is 14.4 Å². The molecule has 0 amide bonds. The Morgan fingerprint density at radius 3 is 2.48 bits per heavy atom. The van der Waals surface area contributed by atoms with E-state index in [0.717, 1.165) is 0 Å². The lowest BCUT2D eigenvalue weighted by Gasteiger charge is -2.26. The molecule has 0 radical (unpaired) electrons. The number of hydrogen-bond acceptors (Lipinski definition) is 6. The van der Waals surface area contributed by atoms with E-state index >= 15 is 0 Å². The second kappa shape index (κ2) is 9.05. The van der Waals surface area contributed by atoms with Gasteiger partial charge in [-0.2, -0.15) is 5.26 Å². The number of ether oxygens (including phenoxy) is 3. The van der Waals surface area contributed by atoms with Gasteiger partial charge in [0.2, 0.25) is 5.88 Å². The molecule has 1 unspecified atom stereocenters. The van der Waals surface area contributed by atoms with Crippen molar-refractivity contribution in [3.63, 3.8) is 0 Å². The first kappa shape index (κ1) is 21.9. The molecule has 33 heavy (non-hydrogen) atoms. The van der Waals surface area contributed by atoms with Gasteiger partial charge in [0.25, 0.3) is 0 Å². The van der Waals surface area contributed by atoms with E-state index in [1.54, 1.807) is 48.5 Å². The summed E-state index contributed by atoms with van der Waals surface area (Å²) in [7, 11) is 0. The molecule has 7 heteroatoms. The van der Waals surface area contributed by atoms with Crippen molar-refractivity contribution in [3.8, 4) is 23.3 Å². The van der Waals surface area contributed by atoms with E-state index in [2.05, 4.69) is 6.07 Å². The molecule has 0 spiro atoms. The highest BCUT2D eigenvalue weighted by Gasteiger charge is 2.31. The van der Waals surface area contributed by atoms with Gasteiger partial charge in [-0.15, -0.1) is 0 Å². The van der Waals surface area contributed by atoms with Crippen LogP contribution in [0, 0.1) is 17.1 Å². The Morgan fingerprint density at radius 2 is 1.82 bits per heavy atom. The maximum absolute atomic E-state index is 13.9. The van der Waals surface area contributed by atoms with Crippen molar-refractivity contribution >= 4 is 5.97 Å². The predicted molar refractivity (Wildman–Crippen MR) is 119 cm³/mol. The van der Waals surface area contributed by atoms with Crippen LogP contribution in [0.25, 0.3) is 0 Å². The lowest BCUT2D eigenvalue weighted by atomic mass is 9.83. The third-order valence-electron chi connectivity index (χ3n) is 5.04. The van der Waals surface area contributed by atoms with Crippen LogP contribution in [0.4, 0.5) is 4.39 Å². The summed E-state index contributed by atoms with van der Waals surface area (Å²) in [4.78, 5) is 12.6. The molecule has 1 heterocycles. The average molecular weight is 444 g/mol. The third-order valence-corrected chi connectivity index (χ3v) is 5.04. The standard InChI is InChI=1S/C26H21FN2O4/c1-15(2)31-19-8-6-16(7-9-19)26(30)32-20-10-11-21-23(13-20)33-25(29)22(14-28)24(21)17-4-3-5-18(27)12-17/h3-13,15,24H,29H2,1-2H3. The molecule has 0 bridgehead atoms. The normalized spacial score (nSPS) is 14.8. The molecule has 0 aromatic heterocycles. The molecule has 2 N–H and O–H groups in total. The fraction of sp³-hybridized carbons (Fsp3) is 0.154. The van der Waals surface area contributed by atoms with Gasteiger partial charge in [0.1, 0.15) is 34.7 Å². The molecule has 0 aliphatic carbocycles. The molecule has 0 fully saturated rings. The van der Waals surface area contributed by atoms with Crippen LogP contribution in [0.5, 0.6) is 17.2 Å². The van der Waals surface area contributed by atoms with E-state index in [4.69, 9.17) is 19.9 Å². The van der Waals surface area contributed by atoms with Crippen molar-refractivity contribution in [1.29, 1.82) is 5.26 Å². The first-order valence-electron chi connectivity index (χ1n) is 10.3. The molecule has 4 rings (SSSR count). The Hall–Kier alpha value is -4.31. The number of nitrogens with two attached hydrogens (primary N) is 1. The zero-order chi connectivity index (χ0) is 23.5. The van der Waals surface area contributed by atoms with Crippen molar-refractivity contribution in [2.45, 2.75) is 25.9 Å². The van der Waals surface area contributed by atoms with Crippen molar-refractivity contribution in [2.24, 2.45) is 5.73 Å². The van der Waals surface area contributed by atoms with E-state index in [0.29, 0.717) is 28.2 Å². The molecule has 6 nitrogen and oxygen atoms in total. The predicted octanol–water partition coefficient (Wildman–Crippen LogP) is 5.05. The first-order valence-corrected chi connectivity index (χ1v) is 10.3. The topological polar surface area (TPSA) is 94.6 Å². The molecule has 166 valence electrons. The monoisotopic (exact) mass is 444 g/mol. The maximum Gasteiger partial charge on any atom is 0.343 e. The number of nitriles is 1. The smallest absolute Gasteiger partial charge is 0.343 e. The number of fused-ring (bicyclic) bond motifs is 1. The minimum absolute atomic E-state index is 0.0255. The summed E-state index contributed by atoms with van der Waals surface area (Å²) in [6.07, 6.45) is 0.0255. The second-order valence-electron chi connectivity index (χ2n) is 7.76. The SMILES string of the molecule is CC(C)Oc1ccc(C(=O)Oc2ccc3c(c2)OC(N)=C(C#N)C3c2cccc(F)c2)cc1. The fourth-order valence-electron chi connectivity index (χ4n) is 3.64. The lowest BCUT2D eigenvalue weighted by molar-refractivity contribution is 0.0734. The van der Waals surface area contributed by atoms with Gasteiger partial charge in [0.05, 0.1) is 17.6 Å². The minimum Gasteiger partial charge on any atom is -0.491 e. The summed E-state index contributed by atoms with van der Waals surface area (Å²) in [5, 5.41) is 9.62. The van der Waals surface area contributed by atoms with Gasteiger partial charge < -0.3 is 19.9 Å². The zero-order valence-electron chi connectivity index (χ0n) is 18.0. The fourth-order valence-corrected chi connectivity index (χ4v) is 3.64. The lowest BCUT2D eigenvalue weighted by Crippen LogP contribution is -2.21. The van der Waals surface area contributed by atoms with Gasteiger partial charge in [-0.3, -0.25) is 0 Å². The number of carbonyl (C=O) groups excluding carboxylic acids is 1. The summed E-state index contributed by atoms with van der Waals surface area (Å²) < 4.78 is 30.6. The summed E-state index contributed by atoms with van der Waals surface area (Å²) in [5.41, 5.74) is 7.69. The number of hydrogen-bond donors (Lipinski definition) is 1. The van der Waals surface area contributed by atoms with Gasteiger partial charge in [-0.25, -0.2) is 9.18 Å². The second-order valence-corrected chi connectivity index (χ2v) is 7.76. The Bertz CT molecular complexity index is 1280. The summed E-state index contributed by atoms with van der Waals surface area (Å²) >= 11 is 0. The molecule has 3 aromatic carbocycles. The molecule has 1 atom stereocenters. The molecule has 3 aromatic rings. The molecule has 1 aliphatic heterocycles. The Morgan fingerprint density at radius 1 is 1.09 bits per heavy atom. The van der Waals surface area contributed by atoms with Crippen molar-refractivity contribution in [3.05, 3.63) is 101 Å². The minimum atomic E-state index is -0.604. The summed E-state index contributed by atoms with van der Waals surface area (Å²) in [5.74, 6) is -0.436. The Labute approximate surface area is 190 Å². The largest absolute Gasteiger partial charge is 0.491 e. The number of rotatable bonds is 5. The Kier molecular flexibility index (Phi) is 6.01. The van der Waals surface area contributed by atoms with Crippen LogP contribution in [0.2, 0.25) is 0 Å². The number of esters is 1. The third kappa shape index (κ3) is 4.65. The molecule has 0 saturated heterocycles. The average Bonchev–Trinajstić information content (AvgIpc) is 2.78. The van der Waals surface area contributed by atoms with Crippen molar-refractivity contribution < 1.29 is 23.4 Å². The van der Waals surface area contributed by atoms with E-state index < -0.39 is 17.7 Å². The van der Waals surface area contributed by atoms with Crippen molar-refractivity contribution in [2.75, 3.05) is 0 Å². The number of benzene rings is 3. The summed E-state index contributed by atoms with van der Waals surface area (Å²) in [6.45, 7) is 3.83. The number of carbonyl (C=O) groups is 1. The Balaban J connectivity index is 1.61. The van der Waals surface area contributed by atoms with Gasteiger partial charge in [-0.1, -0.05) is 18.2 Å². The maximum atomic E-state index is 13.9. The molecule has 1 aliphatic rings. The summed E-state index contributed by atoms with van der Waals surface area (Å²) in [6, 6.07) is 19.5.